The van der Waals surface area contributed by atoms with Crippen LogP contribution >= 0.6 is 0 Å². The predicted molar refractivity (Wildman–Crippen MR) is 43.3 cm³/mol. The Morgan fingerprint density at radius 2 is 1.60 bits per heavy atom. The highest BCUT2D eigenvalue weighted by Crippen LogP contribution is 2.31. The molecule has 1 unspecified atom stereocenters. The van der Waals surface area contributed by atoms with Crippen LogP contribution in [0.5, 0.6) is 0 Å². The Morgan fingerprint density at radius 3 is 1.70 bits per heavy atom. The normalized spacial score (nSPS) is 15.9. The SMILES string of the molecule is CC(C)C(C)C(C)(C)C[O]. The van der Waals surface area contributed by atoms with Crippen molar-refractivity contribution in [1.82, 2.24) is 0 Å². The van der Waals surface area contributed by atoms with Gasteiger partial charge in [0.15, 0.2) is 0 Å². The number of hydrogen-bond acceptors (Lipinski definition) is 0. The molecular formula is C9H19O. The minimum Gasteiger partial charge on any atom is -0.236 e. The summed E-state index contributed by atoms with van der Waals surface area (Å²) in [6, 6.07) is 0. The molecule has 61 valence electrons. The second-order valence-electron chi connectivity index (χ2n) is 4.17. The van der Waals surface area contributed by atoms with Gasteiger partial charge in [-0.3, -0.25) is 0 Å². The second kappa shape index (κ2) is 3.38. The van der Waals surface area contributed by atoms with Gasteiger partial charge in [-0.05, 0) is 17.3 Å². The van der Waals surface area contributed by atoms with Crippen LogP contribution in [0.4, 0.5) is 0 Å². The molecule has 0 heterocycles. The molecule has 0 aliphatic rings. The standard InChI is InChI=1S/C9H19O/c1-7(2)8(3)9(4,5)6-10/h7-8H,6H2,1-5H3. The van der Waals surface area contributed by atoms with Crippen LogP contribution in [0.3, 0.4) is 0 Å². The molecule has 0 spiro atoms. The van der Waals surface area contributed by atoms with Gasteiger partial charge < -0.3 is 0 Å². The fourth-order valence-electron chi connectivity index (χ4n) is 1.03. The van der Waals surface area contributed by atoms with Crippen molar-refractivity contribution in [3.63, 3.8) is 0 Å². The molecule has 10 heavy (non-hydrogen) atoms. The molecule has 0 rings (SSSR count). The first-order valence-corrected chi connectivity index (χ1v) is 4.00. The number of rotatable bonds is 3. The van der Waals surface area contributed by atoms with Crippen LogP contribution in [0.25, 0.3) is 0 Å². The van der Waals surface area contributed by atoms with E-state index < -0.39 is 0 Å². The fourth-order valence-corrected chi connectivity index (χ4v) is 1.03. The van der Waals surface area contributed by atoms with Crippen LogP contribution in [0.1, 0.15) is 34.6 Å². The van der Waals surface area contributed by atoms with Crippen molar-refractivity contribution in [2.45, 2.75) is 34.6 Å². The second-order valence-corrected chi connectivity index (χ2v) is 4.17. The minimum atomic E-state index is -0.0336. The topological polar surface area (TPSA) is 19.9 Å². The summed E-state index contributed by atoms with van der Waals surface area (Å²) in [7, 11) is 0. The molecule has 0 saturated heterocycles. The van der Waals surface area contributed by atoms with Gasteiger partial charge in [0.05, 0.1) is 6.61 Å². The molecule has 1 heteroatoms. The Morgan fingerprint density at radius 1 is 1.20 bits per heavy atom. The summed E-state index contributed by atoms with van der Waals surface area (Å²) >= 11 is 0. The first-order chi connectivity index (χ1) is 4.41. The van der Waals surface area contributed by atoms with Crippen LogP contribution in [-0.4, -0.2) is 6.61 Å². The van der Waals surface area contributed by atoms with E-state index in [4.69, 9.17) is 0 Å². The Labute approximate surface area is 64.5 Å². The molecule has 0 fully saturated rings. The zero-order valence-electron chi connectivity index (χ0n) is 7.77. The van der Waals surface area contributed by atoms with Crippen molar-refractivity contribution < 1.29 is 5.11 Å². The zero-order chi connectivity index (χ0) is 8.36. The van der Waals surface area contributed by atoms with Crippen LogP contribution in [0.15, 0.2) is 0 Å². The quantitative estimate of drug-likeness (QED) is 0.579. The smallest absolute Gasteiger partial charge is 0.0875 e. The Balaban J connectivity index is 4.03. The molecule has 0 aliphatic carbocycles. The summed E-state index contributed by atoms with van der Waals surface area (Å²) in [6.07, 6.45) is 0. The third-order valence-electron chi connectivity index (χ3n) is 2.60. The molecule has 0 aromatic heterocycles. The lowest BCUT2D eigenvalue weighted by molar-refractivity contribution is 0.0377. The Kier molecular flexibility index (Phi) is 3.37. The van der Waals surface area contributed by atoms with E-state index >= 15 is 0 Å². The fraction of sp³-hybridized carbons (Fsp3) is 1.00. The molecule has 0 N–H and O–H groups in total. The van der Waals surface area contributed by atoms with E-state index in [-0.39, 0.29) is 12.0 Å². The van der Waals surface area contributed by atoms with E-state index in [1.807, 2.05) is 13.8 Å². The van der Waals surface area contributed by atoms with Gasteiger partial charge in [0.2, 0.25) is 0 Å². The summed E-state index contributed by atoms with van der Waals surface area (Å²) in [5.74, 6) is 1.13. The maximum atomic E-state index is 10.7. The van der Waals surface area contributed by atoms with Gasteiger partial charge in [-0.2, -0.15) is 0 Å². The van der Waals surface area contributed by atoms with Crippen molar-refractivity contribution in [2.24, 2.45) is 17.3 Å². The average molecular weight is 143 g/mol. The first kappa shape index (κ1) is 9.96. The molecule has 0 aliphatic heterocycles. The van der Waals surface area contributed by atoms with Gasteiger partial charge in [0.25, 0.3) is 0 Å². The molecule has 0 amide bonds. The molecule has 0 aromatic rings. The molecule has 0 saturated carbocycles. The Bertz CT molecular complexity index is 94.9. The molecule has 1 nitrogen and oxygen atoms in total. The highest BCUT2D eigenvalue weighted by Gasteiger charge is 2.27. The van der Waals surface area contributed by atoms with Gasteiger partial charge in [0, 0.05) is 0 Å². The largest absolute Gasteiger partial charge is 0.236 e. The highest BCUT2D eigenvalue weighted by molar-refractivity contribution is 4.75. The summed E-state index contributed by atoms with van der Waals surface area (Å²) < 4.78 is 0. The summed E-state index contributed by atoms with van der Waals surface area (Å²) in [5.41, 5.74) is -0.0336. The maximum Gasteiger partial charge on any atom is 0.0875 e. The van der Waals surface area contributed by atoms with Crippen LogP contribution in [0.2, 0.25) is 0 Å². The van der Waals surface area contributed by atoms with E-state index in [1.54, 1.807) is 0 Å². The van der Waals surface area contributed by atoms with Crippen molar-refractivity contribution in [3.8, 4) is 0 Å². The lowest BCUT2D eigenvalue weighted by Gasteiger charge is -2.31. The predicted octanol–water partition coefficient (Wildman–Crippen LogP) is 2.74. The van der Waals surface area contributed by atoms with E-state index in [0.29, 0.717) is 11.8 Å². The molecular weight excluding hydrogens is 124 g/mol. The zero-order valence-corrected chi connectivity index (χ0v) is 7.77. The van der Waals surface area contributed by atoms with Gasteiger partial charge >= 0.3 is 0 Å². The molecule has 0 aromatic carbocycles. The maximum absolute atomic E-state index is 10.7. The Hall–Kier alpha value is -0.0400. The van der Waals surface area contributed by atoms with E-state index in [2.05, 4.69) is 20.8 Å². The molecule has 1 radical (unpaired) electrons. The monoisotopic (exact) mass is 143 g/mol. The molecule has 0 bridgehead atoms. The van der Waals surface area contributed by atoms with Gasteiger partial charge in [-0.25, -0.2) is 5.11 Å². The third kappa shape index (κ3) is 2.30. The van der Waals surface area contributed by atoms with E-state index in [9.17, 15) is 5.11 Å². The number of hydrogen-bond donors (Lipinski definition) is 0. The first-order valence-electron chi connectivity index (χ1n) is 4.00. The summed E-state index contributed by atoms with van der Waals surface area (Å²) in [5, 5.41) is 10.7. The highest BCUT2D eigenvalue weighted by atomic mass is 16.3. The van der Waals surface area contributed by atoms with E-state index in [1.165, 1.54) is 0 Å². The third-order valence-corrected chi connectivity index (χ3v) is 2.60. The summed E-state index contributed by atoms with van der Waals surface area (Å²) in [6.45, 7) is 10.6. The minimum absolute atomic E-state index is 0.0336. The van der Waals surface area contributed by atoms with Crippen molar-refractivity contribution in [3.05, 3.63) is 0 Å². The average Bonchev–Trinajstić information content (AvgIpc) is 1.86. The van der Waals surface area contributed by atoms with Crippen molar-refractivity contribution in [1.29, 1.82) is 0 Å². The van der Waals surface area contributed by atoms with Gasteiger partial charge in [-0.1, -0.05) is 34.6 Å². The van der Waals surface area contributed by atoms with Crippen LogP contribution in [-0.2, 0) is 5.11 Å². The summed E-state index contributed by atoms with van der Waals surface area (Å²) in [4.78, 5) is 0. The lowest BCUT2D eigenvalue weighted by atomic mass is 9.75. The van der Waals surface area contributed by atoms with Gasteiger partial charge in [0.1, 0.15) is 0 Å². The van der Waals surface area contributed by atoms with E-state index in [0.717, 1.165) is 0 Å². The lowest BCUT2D eigenvalue weighted by Crippen LogP contribution is -2.28. The van der Waals surface area contributed by atoms with Crippen molar-refractivity contribution in [2.75, 3.05) is 6.61 Å². The van der Waals surface area contributed by atoms with Crippen LogP contribution < -0.4 is 0 Å². The van der Waals surface area contributed by atoms with Gasteiger partial charge in [-0.15, -0.1) is 0 Å². The van der Waals surface area contributed by atoms with Crippen molar-refractivity contribution >= 4 is 0 Å². The molecule has 1 atom stereocenters. The van der Waals surface area contributed by atoms with Crippen LogP contribution in [0, 0.1) is 17.3 Å².